The molecule has 2 heterocycles. The van der Waals surface area contributed by atoms with Crippen molar-refractivity contribution in [3.63, 3.8) is 0 Å². The van der Waals surface area contributed by atoms with Gasteiger partial charge in [0.15, 0.2) is 12.4 Å². The molecule has 0 aromatic heterocycles. The average molecular weight is 723 g/mol. The average Bonchev–Trinajstić information content (AvgIpc) is 3.18. The number of carbonyl (C=O) groups excluding carboxylic acids is 2. The van der Waals surface area contributed by atoms with Gasteiger partial charge in [0.25, 0.3) is 11.6 Å². The Balaban J connectivity index is 1.16. The molecule has 4 aromatic carbocycles. The van der Waals surface area contributed by atoms with E-state index in [1.165, 1.54) is 6.92 Å². The first-order valence-corrected chi connectivity index (χ1v) is 17.9. The number of non-ortho nitro benzene ring substituents is 1. The predicted molar refractivity (Wildman–Crippen MR) is 200 cm³/mol. The summed E-state index contributed by atoms with van der Waals surface area (Å²) in [4.78, 5) is 39.2. The van der Waals surface area contributed by atoms with Crippen LogP contribution in [0.2, 0.25) is 0 Å². The van der Waals surface area contributed by atoms with Crippen molar-refractivity contribution in [2.45, 2.75) is 58.5 Å². The third-order valence-corrected chi connectivity index (χ3v) is 10.0. The molecule has 2 N–H and O–H groups in total. The minimum absolute atomic E-state index is 0.0309. The maximum atomic E-state index is 12.5. The summed E-state index contributed by atoms with van der Waals surface area (Å²) >= 11 is 0. The summed E-state index contributed by atoms with van der Waals surface area (Å²) in [5.41, 5.74) is 6.65. The number of piperazine rings is 1. The monoisotopic (exact) mass is 722 g/mol. The van der Waals surface area contributed by atoms with Crippen molar-refractivity contribution in [2.75, 3.05) is 37.6 Å². The van der Waals surface area contributed by atoms with Gasteiger partial charge in [-0.15, -0.1) is 0 Å². The highest BCUT2D eigenvalue weighted by molar-refractivity contribution is 5.83. The number of benzene rings is 4. The van der Waals surface area contributed by atoms with Crippen LogP contribution in [0.5, 0.6) is 0 Å². The van der Waals surface area contributed by atoms with Gasteiger partial charge in [0.2, 0.25) is 0 Å². The summed E-state index contributed by atoms with van der Waals surface area (Å²) < 4.78 is 18.5. The second-order valence-corrected chi connectivity index (χ2v) is 13.6. The molecule has 2 aliphatic heterocycles. The van der Waals surface area contributed by atoms with Gasteiger partial charge in [-0.1, -0.05) is 79.7 Å². The van der Waals surface area contributed by atoms with Crippen LogP contribution in [0.4, 0.5) is 11.4 Å². The molecule has 5 atom stereocenters. The van der Waals surface area contributed by atoms with E-state index in [9.17, 15) is 24.8 Å². The lowest BCUT2D eigenvalue weighted by Crippen LogP contribution is -2.51. The molecule has 0 radical (unpaired) electrons. The van der Waals surface area contributed by atoms with Crippen molar-refractivity contribution in [2.24, 2.45) is 5.92 Å². The zero-order chi connectivity index (χ0) is 37.5. The first kappa shape index (κ1) is 37.6. The maximum Gasteiger partial charge on any atom is 0.303 e. The predicted octanol–water partition coefficient (Wildman–Crippen LogP) is 5.94. The second kappa shape index (κ2) is 17.1. The van der Waals surface area contributed by atoms with E-state index in [1.54, 1.807) is 19.1 Å². The Morgan fingerprint density at radius 2 is 1.58 bits per heavy atom. The lowest BCUT2D eigenvalue weighted by Gasteiger charge is -2.44. The molecule has 0 saturated carbocycles. The third-order valence-electron chi connectivity index (χ3n) is 10.0. The Kier molecular flexibility index (Phi) is 12.2. The number of ether oxygens (including phenoxy) is 3. The van der Waals surface area contributed by atoms with Crippen molar-refractivity contribution in [1.29, 1.82) is 0 Å². The number of nitro groups is 1. The molecule has 278 valence electrons. The SMILES string of the molecule is CC(=O)O[C@@H](C)C(=O)NCc1ccccc1-c1ccc([C@@H]2O[C@H](CN3CCN(c4ccc([N+](=O)[O-])cc4)CC3)[C@H](C)[C@H](c3ccc(CO)cc3)O2)cc1. The van der Waals surface area contributed by atoms with Gasteiger partial charge in [0.1, 0.15) is 0 Å². The summed E-state index contributed by atoms with van der Waals surface area (Å²) in [5, 5.41) is 23.6. The van der Waals surface area contributed by atoms with E-state index >= 15 is 0 Å². The Morgan fingerprint density at radius 3 is 2.23 bits per heavy atom. The Hall–Kier alpha value is -5.14. The van der Waals surface area contributed by atoms with Crippen molar-refractivity contribution in [3.05, 3.63) is 129 Å². The Morgan fingerprint density at radius 1 is 0.925 bits per heavy atom. The molecule has 2 fully saturated rings. The number of esters is 1. The fraction of sp³-hybridized carbons (Fsp3) is 0.366. The fourth-order valence-electron chi connectivity index (χ4n) is 6.96. The van der Waals surface area contributed by atoms with Gasteiger partial charge in [0, 0.05) is 75.5 Å². The number of anilines is 1. The molecule has 1 amide bonds. The van der Waals surface area contributed by atoms with E-state index in [-0.39, 0.29) is 47.8 Å². The van der Waals surface area contributed by atoms with Gasteiger partial charge < -0.3 is 29.5 Å². The van der Waals surface area contributed by atoms with E-state index < -0.39 is 18.4 Å². The highest BCUT2D eigenvalue weighted by Gasteiger charge is 2.39. The zero-order valence-corrected chi connectivity index (χ0v) is 30.2. The van der Waals surface area contributed by atoms with E-state index in [0.29, 0.717) is 6.54 Å². The van der Waals surface area contributed by atoms with Gasteiger partial charge in [-0.2, -0.15) is 0 Å². The van der Waals surface area contributed by atoms with Crippen LogP contribution in [0.25, 0.3) is 11.1 Å². The molecule has 0 aliphatic carbocycles. The molecular weight excluding hydrogens is 676 g/mol. The number of aliphatic hydroxyl groups excluding tert-OH is 1. The van der Waals surface area contributed by atoms with Crippen LogP contribution >= 0.6 is 0 Å². The Labute approximate surface area is 309 Å². The van der Waals surface area contributed by atoms with Crippen LogP contribution in [0.15, 0.2) is 97.1 Å². The number of rotatable bonds is 12. The summed E-state index contributed by atoms with van der Waals surface area (Å²) in [5.74, 6) is -0.845. The minimum atomic E-state index is -0.885. The zero-order valence-electron chi connectivity index (χ0n) is 30.2. The van der Waals surface area contributed by atoms with Crippen LogP contribution in [0, 0.1) is 16.0 Å². The first-order valence-electron chi connectivity index (χ1n) is 17.9. The number of nitro benzene ring substituents is 1. The highest BCUT2D eigenvalue weighted by atomic mass is 16.7. The number of hydrogen-bond acceptors (Lipinski definition) is 10. The lowest BCUT2D eigenvalue weighted by atomic mass is 9.89. The quantitative estimate of drug-likeness (QED) is 0.103. The third kappa shape index (κ3) is 9.27. The summed E-state index contributed by atoms with van der Waals surface area (Å²) in [6.07, 6.45) is -1.89. The van der Waals surface area contributed by atoms with Crippen LogP contribution in [-0.2, 0) is 37.0 Å². The lowest BCUT2D eigenvalue weighted by molar-refractivity contribution is -0.384. The summed E-state index contributed by atoms with van der Waals surface area (Å²) in [6, 6.07) is 30.5. The first-order chi connectivity index (χ1) is 25.6. The molecule has 53 heavy (non-hydrogen) atoms. The van der Waals surface area contributed by atoms with Crippen molar-refractivity contribution in [1.82, 2.24) is 10.2 Å². The molecule has 12 heteroatoms. The van der Waals surface area contributed by atoms with Crippen LogP contribution in [0.3, 0.4) is 0 Å². The number of aliphatic hydroxyl groups is 1. The topological polar surface area (TPSA) is 144 Å². The molecule has 12 nitrogen and oxygen atoms in total. The van der Waals surface area contributed by atoms with E-state index in [0.717, 1.165) is 65.2 Å². The number of nitrogens with one attached hydrogen (secondary N) is 1. The molecule has 2 saturated heterocycles. The number of hydrogen-bond donors (Lipinski definition) is 2. The van der Waals surface area contributed by atoms with Crippen LogP contribution < -0.4 is 10.2 Å². The van der Waals surface area contributed by atoms with Gasteiger partial charge in [-0.25, -0.2) is 0 Å². The van der Waals surface area contributed by atoms with Crippen molar-refractivity contribution < 1.29 is 33.8 Å². The van der Waals surface area contributed by atoms with Gasteiger partial charge >= 0.3 is 5.97 Å². The molecule has 6 rings (SSSR count). The maximum absolute atomic E-state index is 12.5. The summed E-state index contributed by atoms with van der Waals surface area (Å²) in [6.45, 7) is 9.17. The smallest absolute Gasteiger partial charge is 0.303 e. The molecule has 0 bridgehead atoms. The summed E-state index contributed by atoms with van der Waals surface area (Å²) in [7, 11) is 0. The van der Waals surface area contributed by atoms with Gasteiger partial charge in [0.05, 0.1) is 23.7 Å². The van der Waals surface area contributed by atoms with E-state index in [4.69, 9.17) is 14.2 Å². The van der Waals surface area contributed by atoms with Crippen molar-refractivity contribution >= 4 is 23.3 Å². The number of nitrogens with zero attached hydrogens (tertiary/aromatic N) is 3. The molecule has 0 spiro atoms. The van der Waals surface area contributed by atoms with Gasteiger partial charge in [-0.3, -0.25) is 24.6 Å². The molecule has 0 unspecified atom stereocenters. The van der Waals surface area contributed by atoms with E-state index in [1.807, 2.05) is 84.9 Å². The largest absolute Gasteiger partial charge is 0.453 e. The second-order valence-electron chi connectivity index (χ2n) is 13.6. The van der Waals surface area contributed by atoms with Crippen molar-refractivity contribution in [3.8, 4) is 11.1 Å². The normalized spacial score (nSPS) is 21.1. The number of carbonyl (C=O) groups is 2. The Bertz CT molecular complexity index is 1860. The fourth-order valence-corrected chi connectivity index (χ4v) is 6.96. The standard InChI is InChI=1S/C41H46N4O8/c1-27-38(25-43-20-22-44(23-21-43)35-16-18-36(19-17-35)45(49)50)52-41(53-39(27)32-10-8-30(26-46)9-11-32)33-14-12-31(13-15-33)37-7-5-4-6-34(37)24-42-40(48)28(2)51-29(3)47/h4-19,27-28,38-39,41,46H,20-26H2,1-3H3,(H,42,48)/t27-,28-,38+,39+,41+/m0/s1. The molecule has 2 aliphatic rings. The van der Waals surface area contributed by atoms with Crippen LogP contribution in [0.1, 0.15) is 55.4 Å². The van der Waals surface area contributed by atoms with Gasteiger partial charge in [-0.05, 0) is 46.9 Å². The number of amides is 1. The molecular formula is C41H46N4O8. The molecule has 4 aromatic rings. The highest BCUT2D eigenvalue weighted by Crippen LogP contribution is 2.42. The van der Waals surface area contributed by atoms with E-state index in [2.05, 4.69) is 22.0 Å². The minimum Gasteiger partial charge on any atom is -0.453 e. The van der Waals surface area contributed by atoms with Crippen LogP contribution in [-0.4, -0.2) is 71.7 Å².